The maximum Gasteiger partial charge on any atom is 0.202 e. The number of ketones is 1. The van der Waals surface area contributed by atoms with Gasteiger partial charge in [-0.05, 0) is 17.5 Å². The highest BCUT2D eigenvalue weighted by molar-refractivity contribution is 6.00. The van der Waals surface area contributed by atoms with Gasteiger partial charge in [0.2, 0.25) is 5.78 Å². The molecule has 1 heterocycles. The van der Waals surface area contributed by atoms with Crippen LogP contribution in [-0.2, 0) is 0 Å². The van der Waals surface area contributed by atoms with E-state index in [9.17, 15) is 4.79 Å². The first kappa shape index (κ1) is 12.6. The SMILES string of the molecule is COc1cccnc1C(=O)C(N)C(C)(C)C. The van der Waals surface area contributed by atoms with Gasteiger partial charge in [0.1, 0.15) is 11.4 Å². The Morgan fingerprint density at radius 2 is 2.12 bits per heavy atom. The highest BCUT2D eigenvalue weighted by atomic mass is 16.5. The van der Waals surface area contributed by atoms with E-state index in [1.54, 1.807) is 18.3 Å². The second kappa shape index (κ2) is 4.61. The third-order valence-corrected chi connectivity index (χ3v) is 2.44. The smallest absolute Gasteiger partial charge is 0.202 e. The zero-order chi connectivity index (χ0) is 12.3. The number of Topliss-reactive ketones (excluding diaryl/α,β-unsaturated/α-hetero) is 1. The molecule has 1 rings (SSSR count). The number of aromatic nitrogens is 1. The average Bonchev–Trinajstić information content (AvgIpc) is 2.25. The molecule has 0 saturated carbocycles. The van der Waals surface area contributed by atoms with Crippen molar-refractivity contribution in [3.05, 3.63) is 24.0 Å². The standard InChI is InChI=1S/C12H18N2O2/c1-12(2,3)11(13)10(15)9-8(16-4)6-5-7-14-9/h5-7,11H,13H2,1-4H3. The number of hydrogen-bond acceptors (Lipinski definition) is 4. The fourth-order valence-electron chi connectivity index (χ4n) is 1.28. The van der Waals surface area contributed by atoms with Crippen LogP contribution in [0.25, 0.3) is 0 Å². The van der Waals surface area contributed by atoms with E-state index in [-0.39, 0.29) is 11.2 Å². The van der Waals surface area contributed by atoms with Crippen LogP contribution < -0.4 is 10.5 Å². The molecule has 4 nitrogen and oxygen atoms in total. The molecule has 2 N–H and O–H groups in total. The molecule has 0 bridgehead atoms. The number of hydrogen-bond donors (Lipinski definition) is 1. The number of pyridine rings is 1. The van der Waals surface area contributed by atoms with Crippen LogP contribution in [-0.4, -0.2) is 23.9 Å². The minimum atomic E-state index is -0.587. The molecule has 0 aliphatic rings. The van der Waals surface area contributed by atoms with E-state index in [0.29, 0.717) is 11.4 Å². The Morgan fingerprint density at radius 1 is 1.50 bits per heavy atom. The van der Waals surface area contributed by atoms with Crippen LogP contribution in [0.4, 0.5) is 0 Å². The highest BCUT2D eigenvalue weighted by Crippen LogP contribution is 2.23. The van der Waals surface area contributed by atoms with Gasteiger partial charge in [0.05, 0.1) is 13.2 Å². The van der Waals surface area contributed by atoms with Gasteiger partial charge in [-0.3, -0.25) is 4.79 Å². The minimum Gasteiger partial charge on any atom is -0.494 e. The number of carbonyl (C=O) groups is 1. The molecular weight excluding hydrogens is 204 g/mol. The lowest BCUT2D eigenvalue weighted by Crippen LogP contribution is -2.42. The lowest BCUT2D eigenvalue weighted by atomic mass is 9.84. The molecule has 4 heteroatoms. The zero-order valence-electron chi connectivity index (χ0n) is 10.2. The molecule has 1 aromatic heterocycles. The van der Waals surface area contributed by atoms with Crippen molar-refractivity contribution in [1.82, 2.24) is 4.98 Å². The second-order valence-electron chi connectivity index (χ2n) is 4.76. The Balaban J connectivity index is 3.05. The summed E-state index contributed by atoms with van der Waals surface area (Å²) in [7, 11) is 1.51. The number of methoxy groups -OCH3 is 1. The summed E-state index contributed by atoms with van der Waals surface area (Å²) in [5.41, 5.74) is 5.91. The molecule has 0 aliphatic carbocycles. The van der Waals surface area contributed by atoms with Crippen LogP contribution in [0.5, 0.6) is 5.75 Å². The Bertz CT molecular complexity index is 383. The molecule has 16 heavy (non-hydrogen) atoms. The average molecular weight is 222 g/mol. The van der Waals surface area contributed by atoms with Crippen molar-refractivity contribution in [2.24, 2.45) is 11.1 Å². The molecule has 88 valence electrons. The number of carbonyl (C=O) groups excluding carboxylic acids is 1. The summed E-state index contributed by atoms with van der Waals surface area (Å²) < 4.78 is 5.09. The molecule has 0 fully saturated rings. The van der Waals surface area contributed by atoms with Crippen LogP contribution >= 0.6 is 0 Å². The largest absolute Gasteiger partial charge is 0.494 e. The molecule has 1 unspecified atom stereocenters. The molecule has 1 aromatic rings. The van der Waals surface area contributed by atoms with Gasteiger partial charge in [0.15, 0.2) is 0 Å². The van der Waals surface area contributed by atoms with Crippen molar-refractivity contribution in [1.29, 1.82) is 0 Å². The zero-order valence-corrected chi connectivity index (χ0v) is 10.2. The minimum absolute atomic E-state index is 0.190. The van der Waals surface area contributed by atoms with Crippen LogP contribution in [0.15, 0.2) is 18.3 Å². The van der Waals surface area contributed by atoms with E-state index in [4.69, 9.17) is 10.5 Å². The molecule has 0 saturated heterocycles. The van der Waals surface area contributed by atoms with E-state index in [2.05, 4.69) is 4.98 Å². The topological polar surface area (TPSA) is 65.2 Å². The van der Waals surface area contributed by atoms with Crippen molar-refractivity contribution in [2.75, 3.05) is 7.11 Å². The van der Waals surface area contributed by atoms with Gasteiger partial charge < -0.3 is 10.5 Å². The van der Waals surface area contributed by atoms with Crippen LogP contribution in [0.1, 0.15) is 31.3 Å². The first-order chi connectivity index (χ1) is 7.38. The van der Waals surface area contributed by atoms with E-state index in [0.717, 1.165) is 0 Å². The molecular formula is C12H18N2O2. The summed E-state index contributed by atoms with van der Waals surface area (Å²) >= 11 is 0. The van der Waals surface area contributed by atoms with Crippen LogP contribution in [0.3, 0.4) is 0 Å². The van der Waals surface area contributed by atoms with Crippen molar-refractivity contribution in [2.45, 2.75) is 26.8 Å². The fourth-order valence-corrected chi connectivity index (χ4v) is 1.28. The van der Waals surface area contributed by atoms with Crippen molar-refractivity contribution in [3.8, 4) is 5.75 Å². The van der Waals surface area contributed by atoms with Crippen molar-refractivity contribution < 1.29 is 9.53 Å². The van der Waals surface area contributed by atoms with Gasteiger partial charge >= 0.3 is 0 Å². The Morgan fingerprint density at radius 3 is 2.62 bits per heavy atom. The molecule has 1 atom stereocenters. The van der Waals surface area contributed by atoms with Gasteiger partial charge in [0.25, 0.3) is 0 Å². The van der Waals surface area contributed by atoms with E-state index < -0.39 is 6.04 Å². The number of rotatable bonds is 3. The maximum absolute atomic E-state index is 12.1. The van der Waals surface area contributed by atoms with E-state index in [1.165, 1.54) is 7.11 Å². The molecule has 0 radical (unpaired) electrons. The molecule has 0 spiro atoms. The summed E-state index contributed by atoms with van der Waals surface area (Å²) in [5, 5.41) is 0. The Hall–Kier alpha value is -1.42. The van der Waals surface area contributed by atoms with Gasteiger partial charge in [-0.1, -0.05) is 20.8 Å². The highest BCUT2D eigenvalue weighted by Gasteiger charge is 2.30. The number of nitrogens with zero attached hydrogens (tertiary/aromatic N) is 1. The van der Waals surface area contributed by atoms with Gasteiger partial charge in [-0.15, -0.1) is 0 Å². The number of ether oxygens (including phenoxy) is 1. The van der Waals surface area contributed by atoms with Crippen LogP contribution in [0.2, 0.25) is 0 Å². The predicted molar refractivity (Wildman–Crippen MR) is 62.5 cm³/mol. The van der Waals surface area contributed by atoms with Gasteiger partial charge in [-0.2, -0.15) is 0 Å². The molecule has 0 amide bonds. The van der Waals surface area contributed by atoms with Crippen LogP contribution in [0, 0.1) is 5.41 Å². The van der Waals surface area contributed by atoms with Gasteiger partial charge in [0, 0.05) is 6.20 Å². The summed E-state index contributed by atoms with van der Waals surface area (Å²) in [4.78, 5) is 16.1. The molecule has 0 aromatic carbocycles. The van der Waals surface area contributed by atoms with E-state index >= 15 is 0 Å². The first-order valence-corrected chi connectivity index (χ1v) is 5.16. The third-order valence-electron chi connectivity index (χ3n) is 2.44. The van der Waals surface area contributed by atoms with Crippen molar-refractivity contribution >= 4 is 5.78 Å². The Labute approximate surface area is 95.8 Å². The number of nitrogens with two attached hydrogens (primary N) is 1. The summed E-state index contributed by atoms with van der Waals surface area (Å²) in [6.07, 6.45) is 1.56. The van der Waals surface area contributed by atoms with Gasteiger partial charge in [-0.25, -0.2) is 4.98 Å². The monoisotopic (exact) mass is 222 g/mol. The second-order valence-corrected chi connectivity index (χ2v) is 4.76. The first-order valence-electron chi connectivity index (χ1n) is 5.16. The lowest BCUT2D eigenvalue weighted by Gasteiger charge is -2.25. The maximum atomic E-state index is 12.1. The summed E-state index contributed by atoms with van der Waals surface area (Å²) in [5.74, 6) is 0.275. The summed E-state index contributed by atoms with van der Waals surface area (Å²) in [6.45, 7) is 5.76. The third kappa shape index (κ3) is 2.58. The predicted octanol–water partition coefficient (Wildman–Crippen LogP) is 1.65. The molecule has 0 aliphatic heterocycles. The fraction of sp³-hybridized carbons (Fsp3) is 0.500. The van der Waals surface area contributed by atoms with Crippen molar-refractivity contribution in [3.63, 3.8) is 0 Å². The normalized spacial score (nSPS) is 13.3. The quantitative estimate of drug-likeness (QED) is 0.790. The van der Waals surface area contributed by atoms with E-state index in [1.807, 2.05) is 20.8 Å². The summed E-state index contributed by atoms with van der Waals surface area (Å²) in [6, 6.07) is 2.84. The lowest BCUT2D eigenvalue weighted by molar-refractivity contribution is 0.0893. The Kier molecular flexibility index (Phi) is 3.65.